The first-order valence-corrected chi connectivity index (χ1v) is 15.3. The average Bonchev–Trinajstić information content (AvgIpc) is 3.03. The molecule has 1 N–H and O–H groups in total. The lowest BCUT2D eigenvalue weighted by Crippen LogP contribution is -2.50. The van der Waals surface area contributed by atoms with E-state index in [1.165, 1.54) is 11.1 Å². The number of carbonyl (C=O) groups excluding carboxylic acids is 2. The summed E-state index contributed by atoms with van der Waals surface area (Å²) < 4.78 is 6.51. The smallest absolute Gasteiger partial charge is 0.256 e. The molecule has 0 aliphatic carbocycles. The minimum atomic E-state index is -0.283. The number of benzene rings is 4. The van der Waals surface area contributed by atoms with Crippen molar-refractivity contribution >= 4 is 33.4 Å². The van der Waals surface area contributed by atoms with Crippen molar-refractivity contribution < 1.29 is 14.3 Å². The fraction of sp³-hybridized carbons (Fsp3) is 0.257. The monoisotopic (exact) mass is 625 g/mol. The Balaban J connectivity index is 1.26. The summed E-state index contributed by atoms with van der Waals surface area (Å²) in [6, 6.07) is 33.7. The molecule has 4 aromatic carbocycles. The predicted molar refractivity (Wildman–Crippen MR) is 171 cm³/mol. The second-order valence-electron chi connectivity index (χ2n) is 10.4. The molecule has 1 fully saturated rings. The second kappa shape index (κ2) is 14.3. The molecule has 7 heteroatoms. The van der Waals surface area contributed by atoms with E-state index >= 15 is 0 Å². The van der Waals surface area contributed by atoms with Crippen LogP contribution in [0.25, 0.3) is 0 Å². The van der Waals surface area contributed by atoms with Crippen LogP contribution in [0.15, 0.2) is 108 Å². The number of para-hydroxylation sites is 1. The van der Waals surface area contributed by atoms with Crippen molar-refractivity contribution in [3.05, 3.63) is 130 Å². The third-order valence-electron chi connectivity index (χ3n) is 7.55. The SMILES string of the molecule is CCCCOc1ccc(C(=O)Nc2ccccc2C(=O)N2CCN(C(c3ccccc3)c3ccccc3)CC2)cc1Br. The van der Waals surface area contributed by atoms with Gasteiger partial charge in [-0.3, -0.25) is 14.5 Å². The molecule has 4 aromatic rings. The van der Waals surface area contributed by atoms with E-state index in [0.29, 0.717) is 42.3 Å². The van der Waals surface area contributed by atoms with Gasteiger partial charge in [-0.1, -0.05) is 86.1 Å². The third-order valence-corrected chi connectivity index (χ3v) is 8.17. The van der Waals surface area contributed by atoms with Crippen molar-refractivity contribution in [1.29, 1.82) is 0 Å². The summed E-state index contributed by atoms with van der Waals surface area (Å²) in [7, 11) is 0. The fourth-order valence-corrected chi connectivity index (χ4v) is 5.79. The van der Waals surface area contributed by atoms with Gasteiger partial charge < -0.3 is 15.0 Å². The Morgan fingerprint density at radius 3 is 2.07 bits per heavy atom. The Hall–Kier alpha value is -3.94. The van der Waals surface area contributed by atoms with Gasteiger partial charge in [-0.05, 0) is 63.8 Å². The van der Waals surface area contributed by atoms with Crippen molar-refractivity contribution in [3.8, 4) is 5.75 Å². The molecule has 1 aliphatic heterocycles. The van der Waals surface area contributed by atoms with E-state index in [4.69, 9.17) is 4.74 Å². The summed E-state index contributed by atoms with van der Waals surface area (Å²) in [5, 5.41) is 2.96. The van der Waals surface area contributed by atoms with E-state index in [0.717, 1.165) is 30.4 Å². The number of hydrogen-bond donors (Lipinski definition) is 1. The van der Waals surface area contributed by atoms with Crippen LogP contribution in [-0.4, -0.2) is 54.4 Å². The highest BCUT2D eigenvalue weighted by Gasteiger charge is 2.29. The van der Waals surface area contributed by atoms with E-state index in [1.54, 1.807) is 30.3 Å². The lowest BCUT2D eigenvalue weighted by atomic mass is 9.96. The lowest BCUT2D eigenvalue weighted by Gasteiger charge is -2.40. The van der Waals surface area contributed by atoms with Crippen molar-refractivity contribution in [2.45, 2.75) is 25.8 Å². The van der Waals surface area contributed by atoms with Gasteiger partial charge in [0.2, 0.25) is 0 Å². The first-order chi connectivity index (χ1) is 20.5. The summed E-state index contributed by atoms with van der Waals surface area (Å²) >= 11 is 3.52. The normalized spacial score (nSPS) is 13.6. The molecule has 42 heavy (non-hydrogen) atoms. The molecule has 0 atom stereocenters. The Morgan fingerprint density at radius 1 is 0.833 bits per heavy atom. The molecule has 1 saturated heterocycles. The van der Waals surface area contributed by atoms with Crippen molar-refractivity contribution in [3.63, 3.8) is 0 Å². The van der Waals surface area contributed by atoms with Crippen LogP contribution in [0.5, 0.6) is 5.75 Å². The summed E-state index contributed by atoms with van der Waals surface area (Å²) in [6.07, 6.45) is 2.02. The lowest BCUT2D eigenvalue weighted by molar-refractivity contribution is 0.0598. The fourth-order valence-electron chi connectivity index (χ4n) is 5.30. The standard InChI is InChI=1S/C35H36BrN3O3/c1-2-3-24-42-32-19-18-28(25-30(32)36)34(40)37-31-17-11-10-16-29(31)35(41)39-22-20-38(21-23-39)33(26-12-6-4-7-13-26)27-14-8-5-9-15-27/h4-19,25,33H,2-3,20-24H2,1H3,(H,37,40). The van der Waals surface area contributed by atoms with Crippen LogP contribution in [0.4, 0.5) is 5.69 Å². The number of ether oxygens (including phenoxy) is 1. The molecule has 0 aromatic heterocycles. The van der Waals surface area contributed by atoms with Gasteiger partial charge >= 0.3 is 0 Å². The average molecular weight is 627 g/mol. The van der Waals surface area contributed by atoms with Gasteiger partial charge in [0.25, 0.3) is 11.8 Å². The van der Waals surface area contributed by atoms with Crippen LogP contribution in [0.2, 0.25) is 0 Å². The molecular formula is C35H36BrN3O3. The van der Waals surface area contributed by atoms with Gasteiger partial charge in [0.1, 0.15) is 5.75 Å². The van der Waals surface area contributed by atoms with Gasteiger partial charge in [0.05, 0.1) is 28.4 Å². The number of nitrogens with zero attached hydrogens (tertiary/aromatic N) is 2. The highest BCUT2D eigenvalue weighted by molar-refractivity contribution is 9.10. The maximum Gasteiger partial charge on any atom is 0.256 e. The Bertz CT molecular complexity index is 1450. The summed E-state index contributed by atoms with van der Waals surface area (Å²) in [4.78, 5) is 31.2. The van der Waals surface area contributed by atoms with Crippen molar-refractivity contribution in [2.75, 3.05) is 38.1 Å². The molecule has 0 unspecified atom stereocenters. The zero-order chi connectivity index (χ0) is 29.3. The molecule has 0 bridgehead atoms. The first kappa shape index (κ1) is 29.5. The van der Waals surface area contributed by atoms with Crippen molar-refractivity contribution in [2.24, 2.45) is 0 Å². The van der Waals surface area contributed by atoms with E-state index in [-0.39, 0.29) is 17.9 Å². The number of rotatable bonds is 10. The molecule has 5 rings (SSSR count). The van der Waals surface area contributed by atoms with Crippen LogP contribution in [0.3, 0.4) is 0 Å². The Labute approximate surface area is 256 Å². The first-order valence-electron chi connectivity index (χ1n) is 14.5. The highest BCUT2D eigenvalue weighted by atomic mass is 79.9. The second-order valence-corrected chi connectivity index (χ2v) is 11.3. The molecule has 2 amide bonds. The van der Waals surface area contributed by atoms with Crippen LogP contribution < -0.4 is 10.1 Å². The predicted octanol–water partition coefficient (Wildman–Crippen LogP) is 7.43. The highest BCUT2D eigenvalue weighted by Crippen LogP contribution is 2.30. The van der Waals surface area contributed by atoms with Crippen LogP contribution in [0, 0.1) is 0 Å². The third kappa shape index (κ3) is 7.09. The Morgan fingerprint density at radius 2 is 1.45 bits per heavy atom. The number of nitrogens with one attached hydrogen (secondary N) is 1. The summed E-state index contributed by atoms with van der Waals surface area (Å²) in [5.41, 5.74) is 3.95. The minimum absolute atomic E-state index is 0.0811. The van der Waals surface area contributed by atoms with E-state index in [2.05, 4.69) is 81.6 Å². The zero-order valence-electron chi connectivity index (χ0n) is 23.8. The van der Waals surface area contributed by atoms with Gasteiger partial charge in [-0.25, -0.2) is 0 Å². The van der Waals surface area contributed by atoms with Crippen molar-refractivity contribution in [1.82, 2.24) is 9.80 Å². The van der Waals surface area contributed by atoms with Gasteiger partial charge in [-0.2, -0.15) is 0 Å². The molecular weight excluding hydrogens is 590 g/mol. The zero-order valence-corrected chi connectivity index (χ0v) is 25.4. The summed E-state index contributed by atoms with van der Waals surface area (Å²) in [6.45, 7) is 5.43. The Kier molecular flexibility index (Phi) is 10.1. The van der Waals surface area contributed by atoms with Crippen LogP contribution >= 0.6 is 15.9 Å². The van der Waals surface area contributed by atoms with Crippen LogP contribution in [-0.2, 0) is 0 Å². The number of unbranched alkanes of at least 4 members (excludes halogenated alkanes) is 1. The molecule has 0 radical (unpaired) electrons. The maximum absolute atomic E-state index is 13.7. The quantitative estimate of drug-likeness (QED) is 0.186. The number of hydrogen-bond acceptors (Lipinski definition) is 4. The minimum Gasteiger partial charge on any atom is -0.492 e. The number of carbonyl (C=O) groups is 2. The number of anilines is 1. The van der Waals surface area contributed by atoms with Crippen LogP contribution in [0.1, 0.15) is 57.7 Å². The van der Waals surface area contributed by atoms with Gasteiger partial charge in [0.15, 0.2) is 0 Å². The molecule has 1 heterocycles. The van der Waals surface area contributed by atoms with Gasteiger partial charge in [-0.15, -0.1) is 0 Å². The molecule has 0 saturated carbocycles. The number of piperazine rings is 1. The number of halogens is 1. The summed E-state index contributed by atoms with van der Waals surface area (Å²) in [5.74, 6) is 0.341. The number of amides is 2. The van der Waals surface area contributed by atoms with E-state index in [1.807, 2.05) is 29.2 Å². The topological polar surface area (TPSA) is 61.9 Å². The molecule has 0 spiro atoms. The largest absolute Gasteiger partial charge is 0.492 e. The van der Waals surface area contributed by atoms with E-state index < -0.39 is 0 Å². The molecule has 6 nitrogen and oxygen atoms in total. The van der Waals surface area contributed by atoms with E-state index in [9.17, 15) is 9.59 Å². The molecule has 1 aliphatic rings. The maximum atomic E-state index is 13.7. The molecule has 216 valence electrons. The van der Waals surface area contributed by atoms with Gasteiger partial charge in [0, 0.05) is 31.7 Å².